The van der Waals surface area contributed by atoms with Gasteiger partial charge in [-0.05, 0) is 32.4 Å². The summed E-state index contributed by atoms with van der Waals surface area (Å²) in [5.74, 6) is -0.547. The molecule has 0 unspecified atom stereocenters. The summed E-state index contributed by atoms with van der Waals surface area (Å²) in [5, 5.41) is 13.3. The number of rotatable bonds is 4. The second-order valence-electron chi connectivity index (χ2n) is 4.24. The van der Waals surface area contributed by atoms with E-state index in [0.717, 1.165) is 29.9 Å². The maximum Gasteiger partial charge on any atom is 0.371 e. The Balaban J connectivity index is 2.46. The highest BCUT2D eigenvalue weighted by molar-refractivity contribution is 5.85. The zero-order valence-corrected chi connectivity index (χ0v) is 10.7. The number of aromatic nitrogens is 2. The summed E-state index contributed by atoms with van der Waals surface area (Å²) in [4.78, 5) is 10.8. The molecule has 0 radical (unpaired) electrons. The number of carboxylic acids is 1. The van der Waals surface area contributed by atoms with Crippen molar-refractivity contribution in [3.05, 3.63) is 29.3 Å². The smallest absolute Gasteiger partial charge is 0.371 e. The molecule has 2 aromatic rings. The Morgan fingerprint density at radius 1 is 1.44 bits per heavy atom. The maximum atomic E-state index is 10.8. The molecule has 0 bridgehead atoms. The fourth-order valence-electron chi connectivity index (χ4n) is 2.07. The van der Waals surface area contributed by atoms with E-state index in [1.54, 1.807) is 6.07 Å². The highest BCUT2D eigenvalue weighted by Crippen LogP contribution is 2.28. The molecule has 0 saturated heterocycles. The van der Waals surface area contributed by atoms with Crippen LogP contribution >= 0.6 is 0 Å². The third-order valence-electron chi connectivity index (χ3n) is 2.88. The third kappa shape index (κ3) is 2.03. The van der Waals surface area contributed by atoms with E-state index in [9.17, 15) is 4.79 Å². The normalized spacial score (nSPS) is 10.8. The molecule has 5 nitrogen and oxygen atoms in total. The first-order chi connectivity index (χ1) is 8.54. The first kappa shape index (κ1) is 12.4. The molecule has 18 heavy (non-hydrogen) atoms. The first-order valence-corrected chi connectivity index (χ1v) is 5.92. The molecule has 0 atom stereocenters. The number of carbonyl (C=O) groups is 1. The van der Waals surface area contributed by atoms with Crippen molar-refractivity contribution >= 4 is 5.97 Å². The Labute approximate surface area is 105 Å². The van der Waals surface area contributed by atoms with Crippen molar-refractivity contribution in [2.45, 2.75) is 33.7 Å². The van der Waals surface area contributed by atoms with Gasteiger partial charge in [-0.3, -0.25) is 4.68 Å². The zero-order chi connectivity index (χ0) is 13.3. The van der Waals surface area contributed by atoms with Gasteiger partial charge in [-0.1, -0.05) is 6.92 Å². The highest BCUT2D eigenvalue weighted by atomic mass is 16.4. The van der Waals surface area contributed by atoms with Crippen molar-refractivity contribution < 1.29 is 14.3 Å². The van der Waals surface area contributed by atoms with E-state index in [1.807, 2.05) is 18.5 Å². The van der Waals surface area contributed by atoms with Crippen molar-refractivity contribution in [2.75, 3.05) is 0 Å². The number of nitrogens with zero attached hydrogens (tertiary/aromatic N) is 2. The standard InChI is InChI=1S/C13H16N2O3/c1-4-7-15-9(3)12(8(2)14-15)10-5-6-11(18-10)13(16)17/h5-6H,4,7H2,1-3H3,(H,16,17). The van der Waals surface area contributed by atoms with Gasteiger partial charge < -0.3 is 9.52 Å². The lowest BCUT2D eigenvalue weighted by Crippen LogP contribution is -2.01. The van der Waals surface area contributed by atoms with E-state index in [0.29, 0.717) is 5.76 Å². The van der Waals surface area contributed by atoms with Crippen LogP contribution in [0.1, 0.15) is 35.3 Å². The number of aromatic carboxylic acids is 1. The number of hydrogen-bond donors (Lipinski definition) is 1. The minimum atomic E-state index is -1.06. The molecule has 0 fully saturated rings. The monoisotopic (exact) mass is 248 g/mol. The van der Waals surface area contributed by atoms with Crippen molar-refractivity contribution in [2.24, 2.45) is 0 Å². The van der Waals surface area contributed by atoms with Crippen molar-refractivity contribution in [3.63, 3.8) is 0 Å². The van der Waals surface area contributed by atoms with Crippen LogP contribution in [-0.4, -0.2) is 20.9 Å². The van der Waals surface area contributed by atoms with Gasteiger partial charge >= 0.3 is 5.97 Å². The fourth-order valence-corrected chi connectivity index (χ4v) is 2.07. The molecule has 0 aliphatic heterocycles. The van der Waals surface area contributed by atoms with Crippen molar-refractivity contribution in [1.29, 1.82) is 0 Å². The molecule has 1 N–H and O–H groups in total. The van der Waals surface area contributed by atoms with Gasteiger partial charge in [0.1, 0.15) is 5.76 Å². The Hall–Kier alpha value is -2.04. The van der Waals surface area contributed by atoms with E-state index >= 15 is 0 Å². The van der Waals surface area contributed by atoms with Crippen LogP contribution in [0.2, 0.25) is 0 Å². The summed E-state index contributed by atoms with van der Waals surface area (Å²) in [6, 6.07) is 3.14. The summed E-state index contributed by atoms with van der Waals surface area (Å²) in [6.07, 6.45) is 1.000. The molecular formula is C13H16N2O3. The highest BCUT2D eigenvalue weighted by Gasteiger charge is 2.18. The minimum Gasteiger partial charge on any atom is -0.475 e. The van der Waals surface area contributed by atoms with E-state index in [4.69, 9.17) is 9.52 Å². The molecule has 2 heterocycles. The van der Waals surface area contributed by atoms with Gasteiger partial charge in [0.2, 0.25) is 5.76 Å². The Morgan fingerprint density at radius 2 is 2.17 bits per heavy atom. The number of hydrogen-bond acceptors (Lipinski definition) is 3. The van der Waals surface area contributed by atoms with Gasteiger partial charge in [0.25, 0.3) is 0 Å². The van der Waals surface area contributed by atoms with E-state index < -0.39 is 5.97 Å². The summed E-state index contributed by atoms with van der Waals surface area (Å²) in [7, 11) is 0. The zero-order valence-electron chi connectivity index (χ0n) is 10.7. The number of aryl methyl sites for hydroxylation is 2. The quantitative estimate of drug-likeness (QED) is 0.903. The van der Waals surface area contributed by atoms with Crippen LogP contribution in [-0.2, 0) is 6.54 Å². The van der Waals surface area contributed by atoms with Gasteiger partial charge in [-0.2, -0.15) is 5.10 Å². The average Bonchev–Trinajstić information content (AvgIpc) is 2.86. The van der Waals surface area contributed by atoms with Crippen LogP contribution in [0.5, 0.6) is 0 Å². The molecule has 0 aliphatic rings. The van der Waals surface area contributed by atoms with E-state index in [1.165, 1.54) is 6.07 Å². The Morgan fingerprint density at radius 3 is 2.72 bits per heavy atom. The first-order valence-electron chi connectivity index (χ1n) is 5.92. The summed E-state index contributed by atoms with van der Waals surface area (Å²) in [6.45, 7) is 6.80. The van der Waals surface area contributed by atoms with Crippen LogP contribution in [0.25, 0.3) is 11.3 Å². The molecule has 0 aromatic carbocycles. The molecule has 5 heteroatoms. The summed E-state index contributed by atoms with van der Waals surface area (Å²) >= 11 is 0. The van der Waals surface area contributed by atoms with Gasteiger partial charge in [0.15, 0.2) is 0 Å². The average molecular weight is 248 g/mol. The number of furan rings is 1. The van der Waals surface area contributed by atoms with Crippen LogP contribution in [0.3, 0.4) is 0 Å². The largest absolute Gasteiger partial charge is 0.475 e. The topological polar surface area (TPSA) is 68.3 Å². The predicted molar refractivity (Wildman–Crippen MR) is 66.7 cm³/mol. The molecule has 2 rings (SSSR count). The van der Waals surface area contributed by atoms with Crippen molar-refractivity contribution in [3.8, 4) is 11.3 Å². The Kier molecular flexibility index (Phi) is 3.23. The van der Waals surface area contributed by atoms with Crippen LogP contribution in [0.15, 0.2) is 16.5 Å². The second-order valence-corrected chi connectivity index (χ2v) is 4.24. The third-order valence-corrected chi connectivity index (χ3v) is 2.88. The van der Waals surface area contributed by atoms with Crippen LogP contribution in [0.4, 0.5) is 0 Å². The molecule has 96 valence electrons. The molecule has 0 saturated carbocycles. The summed E-state index contributed by atoms with van der Waals surface area (Å²) < 4.78 is 7.26. The molecule has 2 aromatic heterocycles. The molecule has 0 amide bonds. The van der Waals surface area contributed by atoms with Crippen molar-refractivity contribution in [1.82, 2.24) is 9.78 Å². The fraction of sp³-hybridized carbons (Fsp3) is 0.385. The maximum absolute atomic E-state index is 10.8. The number of carboxylic acid groups (broad SMARTS) is 1. The lowest BCUT2D eigenvalue weighted by Gasteiger charge is -2.01. The molecule has 0 spiro atoms. The Bertz CT molecular complexity index is 581. The predicted octanol–water partition coefficient (Wildman–Crippen LogP) is 2.87. The van der Waals surface area contributed by atoms with Gasteiger partial charge in [-0.15, -0.1) is 0 Å². The summed E-state index contributed by atoms with van der Waals surface area (Å²) in [5.41, 5.74) is 2.74. The SMILES string of the molecule is CCCn1nc(C)c(-c2ccc(C(=O)O)o2)c1C. The molecule has 0 aliphatic carbocycles. The van der Waals surface area contributed by atoms with E-state index in [2.05, 4.69) is 12.0 Å². The van der Waals surface area contributed by atoms with Crippen LogP contribution < -0.4 is 0 Å². The second kappa shape index (κ2) is 4.68. The van der Waals surface area contributed by atoms with Gasteiger partial charge in [-0.25, -0.2) is 4.79 Å². The van der Waals surface area contributed by atoms with Gasteiger partial charge in [0.05, 0.1) is 11.3 Å². The van der Waals surface area contributed by atoms with Gasteiger partial charge in [0, 0.05) is 12.2 Å². The lowest BCUT2D eigenvalue weighted by atomic mass is 10.1. The van der Waals surface area contributed by atoms with E-state index in [-0.39, 0.29) is 5.76 Å². The van der Waals surface area contributed by atoms with Crippen LogP contribution in [0, 0.1) is 13.8 Å². The molecular weight excluding hydrogens is 232 g/mol. The lowest BCUT2D eigenvalue weighted by molar-refractivity contribution is 0.0663. The minimum absolute atomic E-state index is 0.0490.